The molecule has 0 radical (unpaired) electrons. The fourth-order valence-electron chi connectivity index (χ4n) is 1.94. The standard InChI is InChI=1S/C12H15FN2O4/c1-3-14(8(2)4-12(16)17)10-5-9(13)6-11(7-10)15(18)19/h5-8H,3-4H2,1-2H3,(H,16,17). The predicted molar refractivity (Wildman–Crippen MR) is 67.8 cm³/mol. The van der Waals surface area contributed by atoms with Crippen LogP contribution in [0.25, 0.3) is 0 Å². The van der Waals surface area contributed by atoms with E-state index in [1.165, 1.54) is 6.07 Å². The van der Waals surface area contributed by atoms with E-state index in [1.54, 1.807) is 18.7 Å². The first kappa shape index (κ1) is 14.9. The average Bonchev–Trinajstić information content (AvgIpc) is 2.27. The molecule has 0 spiro atoms. The second-order valence-electron chi connectivity index (χ2n) is 4.16. The van der Waals surface area contributed by atoms with Gasteiger partial charge in [0.1, 0.15) is 5.82 Å². The Morgan fingerprint density at radius 3 is 2.63 bits per heavy atom. The van der Waals surface area contributed by atoms with Gasteiger partial charge in [-0.15, -0.1) is 0 Å². The second kappa shape index (κ2) is 6.12. The summed E-state index contributed by atoms with van der Waals surface area (Å²) in [5, 5.41) is 19.5. The number of carboxylic acid groups (broad SMARTS) is 1. The van der Waals surface area contributed by atoms with Crippen molar-refractivity contribution in [2.24, 2.45) is 0 Å². The fraction of sp³-hybridized carbons (Fsp3) is 0.417. The molecule has 6 nitrogen and oxygen atoms in total. The fourth-order valence-corrected chi connectivity index (χ4v) is 1.94. The highest BCUT2D eigenvalue weighted by molar-refractivity contribution is 5.68. The van der Waals surface area contributed by atoms with E-state index in [2.05, 4.69) is 0 Å². The molecule has 0 aromatic heterocycles. The van der Waals surface area contributed by atoms with E-state index in [4.69, 9.17) is 5.11 Å². The van der Waals surface area contributed by atoms with E-state index in [9.17, 15) is 19.3 Å². The molecule has 0 saturated carbocycles. The Kier molecular flexibility index (Phi) is 4.80. The molecule has 0 heterocycles. The lowest BCUT2D eigenvalue weighted by Gasteiger charge is -2.29. The van der Waals surface area contributed by atoms with Gasteiger partial charge in [0.2, 0.25) is 0 Å². The van der Waals surface area contributed by atoms with Crippen LogP contribution in [0.2, 0.25) is 0 Å². The zero-order chi connectivity index (χ0) is 14.6. The Morgan fingerprint density at radius 1 is 1.53 bits per heavy atom. The number of hydrogen-bond acceptors (Lipinski definition) is 4. The number of nitro groups is 1. The maximum atomic E-state index is 13.4. The van der Waals surface area contributed by atoms with Crippen molar-refractivity contribution in [2.75, 3.05) is 11.4 Å². The minimum Gasteiger partial charge on any atom is -0.481 e. The van der Waals surface area contributed by atoms with Crippen molar-refractivity contribution < 1.29 is 19.2 Å². The van der Waals surface area contributed by atoms with Gasteiger partial charge >= 0.3 is 5.97 Å². The van der Waals surface area contributed by atoms with Crippen molar-refractivity contribution in [2.45, 2.75) is 26.3 Å². The Labute approximate surface area is 109 Å². The van der Waals surface area contributed by atoms with E-state index in [0.717, 1.165) is 12.1 Å². The van der Waals surface area contributed by atoms with Crippen LogP contribution >= 0.6 is 0 Å². The lowest BCUT2D eigenvalue weighted by molar-refractivity contribution is -0.385. The summed E-state index contributed by atoms with van der Waals surface area (Å²) in [5.41, 5.74) is -0.0427. The van der Waals surface area contributed by atoms with Crippen molar-refractivity contribution in [3.05, 3.63) is 34.1 Å². The first-order valence-corrected chi connectivity index (χ1v) is 5.78. The summed E-state index contributed by atoms with van der Waals surface area (Å²) < 4.78 is 13.4. The lowest BCUT2D eigenvalue weighted by Crippen LogP contribution is -2.34. The molecule has 0 aliphatic heterocycles. The summed E-state index contributed by atoms with van der Waals surface area (Å²) in [6.45, 7) is 3.87. The number of benzene rings is 1. The molecule has 7 heteroatoms. The maximum Gasteiger partial charge on any atom is 0.305 e. The normalized spacial score (nSPS) is 11.9. The molecule has 0 bridgehead atoms. The van der Waals surface area contributed by atoms with Crippen LogP contribution in [0.5, 0.6) is 0 Å². The highest BCUT2D eigenvalue weighted by Crippen LogP contribution is 2.25. The second-order valence-corrected chi connectivity index (χ2v) is 4.16. The first-order valence-electron chi connectivity index (χ1n) is 5.78. The number of carboxylic acids is 1. The smallest absolute Gasteiger partial charge is 0.305 e. The van der Waals surface area contributed by atoms with Gasteiger partial charge in [-0.05, 0) is 19.9 Å². The highest BCUT2D eigenvalue weighted by Gasteiger charge is 2.19. The SMILES string of the molecule is CCN(c1cc(F)cc([N+](=O)[O-])c1)C(C)CC(=O)O. The number of non-ortho nitro benzene ring substituents is 1. The van der Waals surface area contributed by atoms with Crippen LogP contribution < -0.4 is 4.90 Å². The minimum atomic E-state index is -0.975. The third-order valence-corrected chi connectivity index (χ3v) is 2.75. The van der Waals surface area contributed by atoms with E-state index in [1.807, 2.05) is 0 Å². The number of carbonyl (C=O) groups is 1. The molecule has 1 aromatic rings. The van der Waals surface area contributed by atoms with Crippen LogP contribution in [0.3, 0.4) is 0 Å². The number of rotatable bonds is 6. The van der Waals surface area contributed by atoms with Gasteiger partial charge in [0.15, 0.2) is 0 Å². The Hall–Kier alpha value is -2.18. The third-order valence-electron chi connectivity index (χ3n) is 2.75. The zero-order valence-corrected chi connectivity index (χ0v) is 10.7. The lowest BCUT2D eigenvalue weighted by atomic mass is 10.1. The monoisotopic (exact) mass is 270 g/mol. The van der Waals surface area contributed by atoms with Crippen LogP contribution in [-0.2, 0) is 4.79 Å². The molecule has 0 aliphatic rings. The summed E-state index contributed by atoms with van der Waals surface area (Å²) in [5.74, 6) is -1.69. The van der Waals surface area contributed by atoms with Crippen molar-refractivity contribution in [3.63, 3.8) is 0 Å². The molecule has 1 atom stereocenters. The number of hydrogen-bond donors (Lipinski definition) is 1. The number of nitrogens with zero attached hydrogens (tertiary/aromatic N) is 2. The summed E-state index contributed by atoms with van der Waals surface area (Å²) in [4.78, 5) is 22.3. The van der Waals surface area contributed by atoms with E-state index >= 15 is 0 Å². The molecule has 19 heavy (non-hydrogen) atoms. The van der Waals surface area contributed by atoms with E-state index in [-0.39, 0.29) is 18.2 Å². The van der Waals surface area contributed by atoms with Crippen molar-refractivity contribution in [3.8, 4) is 0 Å². The van der Waals surface area contributed by atoms with Crippen LogP contribution in [-0.4, -0.2) is 28.6 Å². The quantitative estimate of drug-likeness (QED) is 0.634. The number of anilines is 1. The van der Waals surface area contributed by atoms with Gasteiger partial charge in [0, 0.05) is 24.3 Å². The van der Waals surface area contributed by atoms with Crippen molar-refractivity contribution in [1.29, 1.82) is 0 Å². The zero-order valence-electron chi connectivity index (χ0n) is 10.7. The number of nitro benzene ring substituents is 1. The summed E-state index contributed by atoms with van der Waals surface area (Å²) >= 11 is 0. The molecule has 1 rings (SSSR count). The average molecular weight is 270 g/mol. The number of halogens is 1. The Bertz CT molecular complexity index is 493. The topological polar surface area (TPSA) is 83.7 Å². The Morgan fingerprint density at radius 2 is 2.16 bits per heavy atom. The minimum absolute atomic E-state index is 0.127. The van der Waals surface area contributed by atoms with Gasteiger partial charge in [-0.2, -0.15) is 0 Å². The predicted octanol–water partition coefficient (Wildman–Crippen LogP) is 2.42. The van der Waals surface area contributed by atoms with Crippen molar-refractivity contribution in [1.82, 2.24) is 0 Å². The highest BCUT2D eigenvalue weighted by atomic mass is 19.1. The van der Waals surface area contributed by atoms with Crippen LogP contribution in [0.4, 0.5) is 15.8 Å². The molecule has 1 N–H and O–H groups in total. The van der Waals surface area contributed by atoms with Gasteiger partial charge in [-0.3, -0.25) is 14.9 Å². The first-order chi connectivity index (χ1) is 8.85. The van der Waals surface area contributed by atoms with Crippen LogP contribution in [0.1, 0.15) is 20.3 Å². The summed E-state index contributed by atoms with van der Waals surface area (Å²) in [6.07, 6.45) is -0.127. The van der Waals surface area contributed by atoms with Gasteiger partial charge < -0.3 is 10.0 Å². The third kappa shape index (κ3) is 3.90. The summed E-state index contributed by atoms with van der Waals surface area (Å²) in [6, 6.07) is 2.85. The molecule has 0 aliphatic carbocycles. The number of aliphatic carboxylic acids is 1. The molecule has 1 unspecified atom stereocenters. The van der Waals surface area contributed by atoms with E-state index in [0.29, 0.717) is 12.2 Å². The van der Waals surface area contributed by atoms with E-state index < -0.39 is 16.7 Å². The molecule has 0 amide bonds. The molecular formula is C12H15FN2O4. The molecule has 0 fully saturated rings. The Balaban J connectivity index is 3.10. The van der Waals surface area contributed by atoms with Crippen LogP contribution in [0, 0.1) is 15.9 Å². The van der Waals surface area contributed by atoms with Crippen molar-refractivity contribution >= 4 is 17.3 Å². The van der Waals surface area contributed by atoms with Gasteiger partial charge in [-0.1, -0.05) is 0 Å². The molecule has 0 saturated heterocycles. The largest absolute Gasteiger partial charge is 0.481 e. The molecular weight excluding hydrogens is 255 g/mol. The maximum absolute atomic E-state index is 13.4. The van der Waals surface area contributed by atoms with Crippen LogP contribution in [0.15, 0.2) is 18.2 Å². The summed E-state index contributed by atoms with van der Waals surface area (Å²) in [7, 11) is 0. The molecule has 1 aromatic carbocycles. The molecule has 104 valence electrons. The van der Waals surface area contributed by atoms with Gasteiger partial charge in [0.05, 0.1) is 17.4 Å². The van der Waals surface area contributed by atoms with Gasteiger partial charge in [0.25, 0.3) is 5.69 Å². The van der Waals surface area contributed by atoms with Gasteiger partial charge in [-0.25, -0.2) is 4.39 Å².